The summed E-state index contributed by atoms with van der Waals surface area (Å²) in [6.45, 7) is 4.07. The molecule has 1 amide bonds. The topological polar surface area (TPSA) is 42.0 Å². The average molecular weight is 301 g/mol. The van der Waals surface area contributed by atoms with Gasteiger partial charge in [0.05, 0.1) is 5.92 Å². The fourth-order valence-corrected chi connectivity index (χ4v) is 2.23. The molecule has 2 aromatic rings. The Morgan fingerprint density at radius 3 is 2.71 bits per heavy atom. The zero-order valence-corrected chi connectivity index (χ0v) is 12.4. The van der Waals surface area contributed by atoms with Gasteiger partial charge in [-0.1, -0.05) is 35.9 Å². The van der Waals surface area contributed by atoms with E-state index in [1.165, 1.54) is 0 Å². The molecule has 4 heteroatoms. The Hall–Kier alpha value is -2.13. The molecule has 0 saturated carbocycles. The molecule has 0 spiro atoms. The number of hydrogen-bond donors (Lipinski definition) is 1. The van der Waals surface area contributed by atoms with Crippen molar-refractivity contribution >= 4 is 17.5 Å². The number of carbonyl (C=O) groups excluding carboxylic acids is 1. The van der Waals surface area contributed by atoms with E-state index in [9.17, 15) is 4.79 Å². The lowest BCUT2D eigenvalue weighted by molar-refractivity contribution is -0.122. The molecule has 0 bridgehead atoms. The van der Waals surface area contributed by atoms with Gasteiger partial charge in [-0.05, 0) is 35.7 Å². The first-order valence-corrected chi connectivity index (χ1v) is 7.11. The number of rotatable bonds is 6. The van der Waals surface area contributed by atoms with Crippen LogP contribution in [0.4, 0.5) is 0 Å². The molecule has 1 heterocycles. The summed E-state index contributed by atoms with van der Waals surface area (Å²) in [5.41, 5.74) is 1.95. The van der Waals surface area contributed by atoms with Gasteiger partial charge in [-0.15, -0.1) is 6.58 Å². The number of amides is 1. The van der Waals surface area contributed by atoms with Crippen molar-refractivity contribution in [2.45, 2.75) is 12.3 Å². The fourth-order valence-electron chi connectivity index (χ4n) is 2.11. The Kier molecular flexibility index (Phi) is 5.52. The van der Waals surface area contributed by atoms with Crippen LogP contribution in [0.25, 0.3) is 0 Å². The molecule has 1 atom stereocenters. The van der Waals surface area contributed by atoms with Crippen molar-refractivity contribution < 1.29 is 4.79 Å². The minimum Gasteiger partial charge on any atom is -0.352 e. The minimum absolute atomic E-state index is 0.0268. The van der Waals surface area contributed by atoms with Crippen LogP contribution >= 0.6 is 11.6 Å². The van der Waals surface area contributed by atoms with Gasteiger partial charge in [0.15, 0.2) is 0 Å². The molecule has 0 aliphatic heterocycles. The van der Waals surface area contributed by atoms with Crippen molar-refractivity contribution in [2.24, 2.45) is 0 Å². The Labute approximate surface area is 129 Å². The Balaban J connectivity index is 2.23. The van der Waals surface area contributed by atoms with E-state index in [1.807, 2.05) is 24.3 Å². The van der Waals surface area contributed by atoms with Gasteiger partial charge in [-0.3, -0.25) is 9.78 Å². The maximum Gasteiger partial charge on any atom is 0.228 e. The van der Waals surface area contributed by atoms with Crippen LogP contribution in [0, 0.1) is 0 Å². The molecule has 1 aromatic carbocycles. The van der Waals surface area contributed by atoms with Crippen LogP contribution in [0.5, 0.6) is 0 Å². The predicted molar refractivity (Wildman–Crippen MR) is 85.3 cm³/mol. The van der Waals surface area contributed by atoms with Crippen molar-refractivity contribution in [2.75, 3.05) is 6.54 Å². The van der Waals surface area contributed by atoms with Crippen molar-refractivity contribution in [1.29, 1.82) is 0 Å². The lowest BCUT2D eigenvalue weighted by Crippen LogP contribution is -2.30. The number of nitrogens with zero attached hydrogens (tertiary/aromatic N) is 1. The fraction of sp³-hybridized carbons (Fsp3) is 0.176. The minimum atomic E-state index is -0.272. The number of carbonyl (C=O) groups is 1. The number of hydrogen-bond acceptors (Lipinski definition) is 2. The summed E-state index contributed by atoms with van der Waals surface area (Å²) in [4.78, 5) is 16.5. The Bertz CT molecular complexity index is 596. The van der Waals surface area contributed by atoms with E-state index in [0.717, 1.165) is 11.1 Å². The zero-order chi connectivity index (χ0) is 15.1. The molecule has 0 radical (unpaired) electrons. The molecule has 2 rings (SSSR count). The van der Waals surface area contributed by atoms with Crippen LogP contribution in [-0.4, -0.2) is 17.4 Å². The van der Waals surface area contributed by atoms with Crippen LogP contribution in [-0.2, 0) is 11.2 Å². The molecule has 3 nitrogen and oxygen atoms in total. The highest BCUT2D eigenvalue weighted by atomic mass is 35.5. The van der Waals surface area contributed by atoms with E-state index in [1.54, 1.807) is 30.6 Å². The SMILES string of the molecule is C=CCNC(=O)C(Cc1cccnc1)c1ccc(Cl)cc1. The van der Waals surface area contributed by atoms with E-state index >= 15 is 0 Å². The molecule has 1 N–H and O–H groups in total. The molecule has 0 fully saturated rings. The molecular weight excluding hydrogens is 284 g/mol. The molecule has 21 heavy (non-hydrogen) atoms. The molecule has 1 unspecified atom stereocenters. The van der Waals surface area contributed by atoms with Crippen molar-refractivity contribution in [3.63, 3.8) is 0 Å². The number of pyridine rings is 1. The highest BCUT2D eigenvalue weighted by molar-refractivity contribution is 6.30. The smallest absolute Gasteiger partial charge is 0.228 e. The van der Waals surface area contributed by atoms with Gasteiger partial charge in [0.1, 0.15) is 0 Å². The first kappa shape index (κ1) is 15.3. The van der Waals surface area contributed by atoms with E-state index < -0.39 is 0 Å². The van der Waals surface area contributed by atoms with E-state index in [2.05, 4.69) is 16.9 Å². The normalized spacial score (nSPS) is 11.7. The van der Waals surface area contributed by atoms with Crippen LogP contribution in [0.2, 0.25) is 5.02 Å². The van der Waals surface area contributed by atoms with E-state index in [-0.39, 0.29) is 11.8 Å². The van der Waals surface area contributed by atoms with Crippen LogP contribution < -0.4 is 5.32 Å². The number of halogens is 1. The average Bonchev–Trinajstić information content (AvgIpc) is 2.52. The van der Waals surface area contributed by atoms with Crippen LogP contribution in [0.15, 0.2) is 61.4 Å². The highest BCUT2D eigenvalue weighted by Gasteiger charge is 2.20. The Morgan fingerprint density at radius 1 is 1.33 bits per heavy atom. The molecule has 0 aliphatic carbocycles. The highest BCUT2D eigenvalue weighted by Crippen LogP contribution is 2.22. The van der Waals surface area contributed by atoms with Crippen LogP contribution in [0.1, 0.15) is 17.0 Å². The van der Waals surface area contributed by atoms with Gasteiger partial charge in [0.2, 0.25) is 5.91 Å². The first-order valence-electron chi connectivity index (χ1n) is 6.73. The second-order valence-electron chi connectivity index (χ2n) is 4.70. The summed E-state index contributed by atoms with van der Waals surface area (Å²) in [6, 6.07) is 11.2. The second kappa shape index (κ2) is 7.60. The summed E-state index contributed by atoms with van der Waals surface area (Å²) in [7, 11) is 0. The first-order chi connectivity index (χ1) is 10.2. The van der Waals surface area contributed by atoms with Gasteiger partial charge >= 0.3 is 0 Å². The molecule has 108 valence electrons. The summed E-state index contributed by atoms with van der Waals surface area (Å²) in [5.74, 6) is -0.299. The third kappa shape index (κ3) is 4.43. The zero-order valence-electron chi connectivity index (χ0n) is 11.6. The molecule has 0 saturated heterocycles. The van der Waals surface area contributed by atoms with E-state index in [0.29, 0.717) is 18.0 Å². The van der Waals surface area contributed by atoms with Gasteiger partial charge in [-0.25, -0.2) is 0 Å². The lowest BCUT2D eigenvalue weighted by atomic mass is 9.92. The number of nitrogens with one attached hydrogen (secondary N) is 1. The second-order valence-corrected chi connectivity index (χ2v) is 5.14. The maximum atomic E-state index is 12.4. The van der Waals surface area contributed by atoms with Crippen molar-refractivity contribution in [3.05, 3.63) is 77.6 Å². The standard InChI is InChI=1S/C17H17ClN2O/c1-2-9-20-17(21)16(11-13-4-3-10-19-12-13)14-5-7-15(18)8-6-14/h2-8,10,12,16H,1,9,11H2,(H,20,21). The summed E-state index contributed by atoms with van der Waals surface area (Å²) in [5, 5.41) is 3.51. The number of benzene rings is 1. The predicted octanol–water partition coefficient (Wildman–Crippen LogP) is 3.36. The molecule has 0 aliphatic rings. The summed E-state index contributed by atoms with van der Waals surface area (Å²) < 4.78 is 0. The maximum absolute atomic E-state index is 12.4. The summed E-state index contributed by atoms with van der Waals surface area (Å²) >= 11 is 5.92. The third-order valence-electron chi connectivity index (χ3n) is 3.17. The monoisotopic (exact) mass is 300 g/mol. The quantitative estimate of drug-likeness (QED) is 0.831. The molecule has 1 aromatic heterocycles. The largest absolute Gasteiger partial charge is 0.352 e. The van der Waals surface area contributed by atoms with Gasteiger partial charge < -0.3 is 5.32 Å². The van der Waals surface area contributed by atoms with Gasteiger partial charge in [-0.2, -0.15) is 0 Å². The molecular formula is C17H17ClN2O. The lowest BCUT2D eigenvalue weighted by Gasteiger charge is -2.17. The van der Waals surface area contributed by atoms with Gasteiger partial charge in [0.25, 0.3) is 0 Å². The van der Waals surface area contributed by atoms with Crippen molar-refractivity contribution in [3.8, 4) is 0 Å². The van der Waals surface area contributed by atoms with Gasteiger partial charge in [0, 0.05) is 24.0 Å². The Morgan fingerprint density at radius 2 is 2.10 bits per heavy atom. The van der Waals surface area contributed by atoms with Crippen molar-refractivity contribution in [1.82, 2.24) is 10.3 Å². The summed E-state index contributed by atoms with van der Waals surface area (Å²) in [6.07, 6.45) is 5.77. The third-order valence-corrected chi connectivity index (χ3v) is 3.42. The van der Waals surface area contributed by atoms with Crippen LogP contribution in [0.3, 0.4) is 0 Å². The van der Waals surface area contributed by atoms with E-state index in [4.69, 9.17) is 11.6 Å². The number of aromatic nitrogens is 1.